The Morgan fingerprint density at radius 2 is 2.05 bits per heavy atom. The number of urea groups is 1. The van der Waals surface area contributed by atoms with Gasteiger partial charge in [-0.05, 0) is 59.7 Å². The van der Waals surface area contributed by atoms with E-state index in [1.54, 1.807) is 0 Å². The standard InChI is InChI=1S/C14H18IN3O2/c15-11-4-6-12(7-5-11)17-14(20)16-8-2-10-18-9-1-3-13(18)19/h4-7H,1-3,8-10H2,(H2,16,17,20). The number of carbonyl (C=O) groups excluding carboxylic acids is 2. The van der Waals surface area contributed by atoms with Gasteiger partial charge in [-0.25, -0.2) is 4.79 Å². The van der Waals surface area contributed by atoms with E-state index in [4.69, 9.17) is 0 Å². The second-order valence-corrected chi connectivity index (χ2v) is 5.97. The van der Waals surface area contributed by atoms with Gasteiger partial charge in [0, 0.05) is 35.3 Å². The van der Waals surface area contributed by atoms with Crippen LogP contribution in [0.25, 0.3) is 0 Å². The number of halogens is 1. The van der Waals surface area contributed by atoms with Gasteiger partial charge in [-0.15, -0.1) is 0 Å². The first-order valence-corrected chi connectivity index (χ1v) is 7.81. The number of nitrogens with one attached hydrogen (secondary N) is 2. The van der Waals surface area contributed by atoms with Gasteiger partial charge in [-0.1, -0.05) is 0 Å². The van der Waals surface area contributed by atoms with Crippen LogP contribution in [0.2, 0.25) is 0 Å². The van der Waals surface area contributed by atoms with Crippen molar-refractivity contribution in [1.29, 1.82) is 0 Å². The van der Waals surface area contributed by atoms with Crippen molar-refractivity contribution in [2.75, 3.05) is 25.0 Å². The maximum atomic E-state index is 11.7. The average Bonchev–Trinajstić information content (AvgIpc) is 2.83. The number of likely N-dealkylation sites (tertiary alicyclic amines) is 1. The number of carbonyl (C=O) groups is 2. The van der Waals surface area contributed by atoms with Gasteiger partial charge >= 0.3 is 6.03 Å². The van der Waals surface area contributed by atoms with Gasteiger partial charge in [-0.2, -0.15) is 0 Å². The Balaban J connectivity index is 1.62. The van der Waals surface area contributed by atoms with E-state index in [1.165, 1.54) is 0 Å². The van der Waals surface area contributed by atoms with Gasteiger partial charge in [0.2, 0.25) is 5.91 Å². The third-order valence-electron chi connectivity index (χ3n) is 3.16. The largest absolute Gasteiger partial charge is 0.343 e. The minimum Gasteiger partial charge on any atom is -0.343 e. The molecular weight excluding hydrogens is 369 g/mol. The number of amides is 3. The normalized spacial score (nSPS) is 14.4. The van der Waals surface area contributed by atoms with Gasteiger partial charge in [0.15, 0.2) is 0 Å². The first-order chi connectivity index (χ1) is 9.65. The Hall–Kier alpha value is -1.31. The molecule has 2 rings (SSSR count). The van der Waals surface area contributed by atoms with Crippen LogP contribution in [0.4, 0.5) is 10.5 Å². The molecule has 1 aromatic carbocycles. The number of hydrogen-bond acceptors (Lipinski definition) is 2. The van der Waals surface area contributed by atoms with Gasteiger partial charge in [0.05, 0.1) is 0 Å². The SMILES string of the molecule is O=C(NCCCN1CCCC1=O)Nc1ccc(I)cc1. The first kappa shape index (κ1) is 15.1. The molecule has 1 aromatic rings. The zero-order valence-electron chi connectivity index (χ0n) is 11.2. The molecule has 1 fully saturated rings. The fourth-order valence-electron chi connectivity index (χ4n) is 2.12. The molecule has 0 unspecified atom stereocenters. The summed E-state index contributed by atoms with van der Waals surface area (Å²) in [7, 11) is 0. The number of rotatable bonds is 5. The van der Waals surface area contributed by atoms with Gasteiger partial charge < -0.3 is 15.5 Å². The minimum absolute atomic E-state index is 0.209. The maximum absolute atomic E-state index is 11.7. The molecule has 1 heterocycles. The minimum atomic E-state index is -0.209. The van der Waals surface area contributed by atoms with Gasteiger partial charge in [0.1, 0.15) is 0 Å². The number of benzene rings is 1. The van der Waals surface area contributed by atoms with Crippen LogP contribution in [0, 0.1) is 3.57 Å². The zero-order valence-corrected chi connectivity index (χ0v) is 13.4. The quantitative estimate of drug-likeness (QED) is 0.602. The Labute approximate surface area is 132 Å². The molecule has 1 saturated heterocycles. The fraction of sp³-hybridized carbons (Fsp3) is 0.429. The third-order valence-corrected chi connectivity index (χ3v) is 3.88. The van der Waals surface area contributed by atoms with E-state index in [0.29, 0.717) is 13.0 Å². The lowest BCUT2D eigenvalue weighted by atomic mass is 10.3. The summed E-state index contributed by atoms with van der Waals surface area (Å²) in [5.74, 6) is 0.230. The fourth-order valence-corrected chi connectivity index (χ4v) is 2.48. The summed E-state index contributed by atoms with van der Waals surface area (Å²) < 4.78 is 1.13. The Kier molecular flexibility index (Phi) is 5.63. The molecule has 1 aliphatic heterocycles. The van der Waals surface area contributed by atoms with E-state index in [2.05, 4.69) is 33.2 Å². The molecule has 5 nitrogen and oxygen atoms in total. The molecule has 0 spiro atoms. The Bertz CT molecular complexity index is 476. The zero-order chi connectivity index (χ0) is 14.4. The predicted molar refractivity (Wildman–Crippen MR) is 86.6 cm³/mol. The van der Waals surface area contributed by atoms with E-state index in [1.807, 2.05) is 29.2 Å². The lowest BCUT2D eigenvalue weighted by Crippen LogP contribution is -2.32. The van der Waals surface area contributed by atoms with Gasteiger partial charge in [0.25, 0.3) is 0 Å². The Morgan fingerprint density at radius 3 is 2.70 bits per heavy atom. The summed E-state index contributed by atoms with van der Waals surface area (Å²) in [6.45, 7) is 2.15. The molecule has 0 atom stereocenters. The van der Waals surface area contributed by atoms with Crippen molar-refractivity contribution in [1.82, 2.24) is 10.2 Å². The van der Waals surface area contributed by atoms with Crippen molar-refractivity contribution in [2.24, 2.45) is 0 Å². The van der Waals surface area contributed by atoms with Gasteiger partial charge in [-0.3, -0.25) is 4.79 Å². The van der Waals surface area contributed by atoms with Crippen molar-refractivity contribution < 1.29 is 9.59 Å². The van der Waals surface area contributed by atoms with E-state index in [0.717, 1.165) is 35.2 Å². The molecule has 0 radical (unpaired) electrons. The molecule has 0 bridgehead atoms. The molecule has 2 N–H and O–H groups in total. The molecule has 3 amide bonds. The highest BCUT2D eigenvalue weighted by Gasteiger charge is 2.18. The van der Waals surface area contributed by atoms with Crippen molar-refractivity contribution in [3.63, 3.8) is 0 Å². The van der Waals surface area contributed by atoms with E-state index >= 15 is 0 Å². The van der Waals surface area contributed by atoms with Crippen LogP contribution in [0.3, 0.4) is 0 Å². The van der Waals surface area contributed by atoms with E-state index < -0.39 is 0 Å². The number of anilines is 1. The smallest absolute Gasteiger partial charge is 0.319 e. The van der Waals surface area contributed by atoms with Crippen LogP contribution in [-0.4, -0.2) is 36.5 Å². The predicted octanol–water partition coefficient (Wildman–Crippen LogP) is 2.43. The van der Waals surface area contributed by atoms with Crippen LogP contribution in [0.15, 0.2) is 24.3 Å². The summed E-state index contributed by atoms with van der Waals surface area (Å²) in [5.41, 5.74) is 0.776. The second-order valence-electron chi connectivity index (χ2n) is 4.73. The van der Waals surface area contributed by atoms with Crippen LogP contribution < -0.4 is 10.6 Å². The highest BCUT2D eigenvalue weighted by atomic mass is 127. The van der Waals surface area contributed by atoms with Crippen LogP contribution >= 0.6 is 22.6 Å². The molecule has 20 heavy (non-hydrogen) atoms. The molecule has 6 heteroatoms. The topological polar surface area (TPSA) is 61.4 Å². The van der Waals surface area contributed by atoms with Crippen molar-refractivity contribution in [3.8, 4) is 0 Å². The first-order valence-electron chi connectivity index (χ1n) is 6.73. The number of nitrogens with zero attached hydrogens (tertiary/aromatic N) is 1. The third kappa shape index (κ3) is 4.66. The average molecular weight is 387 g/mol. The molecule has 108 valence electrons. The van der Waals surface area contributed by atoms with Crippen LogP contribution in [0.5, 0.6) is 0 Å². The summed E-state index contributed by atoms with van der Waals surface area (Å²) in [6, 6.07) is 7.40. The van der Waals surface area contributed by atoms with E-state index in [-0.39, 0.29) is 11.9 Å². The molecule has 0 saturated carbocycles. The summed E-state index contributed by atoms with van der Waals surface area (Å²) in [4.78, 5) is 24.9. The summed E-state index contributed by atoms with van der Waals surface area (Å²) in [5, 5.41) is 5.57. The molecular formula is C14H18IN3O2. The monoisotopic (exact) mass is 387 g/mol. The highest BCUT2D eigenvalue weighted by molar-refractivity contribution is 14.1. The summed E-state index contributed by atoms with van der Waals surface area (Å²) in [6.07, 6.45) is 2.41. The molecule has 0 aliphatic carbocycles. The molecule has 1 aliphatic rings. The van der Waals surface area contributed by atoms with E-state index in [9.17, 15) is 9.59 Å². The van der Waals surface area contributed by atoms with Crippen molar-refractivity contribution in [2.45, 2.75) is 19.3 Å². The lowest BCUT2D eigenvalue weighted by molar-refractivity contribution is -0.127. The van der Waals surface area contributed by atoms with Crippen molar-refractivity contribution in [3.05, 3.63) is 27.8 Å². The van der Waals surface area contributed by atoms with Crippen molar-refractivity contribution >= 4 is 40.2 Å². The van der Waals surface area contributed by atoms with Crippen LogP contribution in [0.1, 0.15) is 19.3 Å². The summed E-state index contributed by atoms with van der Waals surface area (Å²) >= 11 is 2.22. The maximum Gasteiger partial charge on any atom is 0.319 e. The second kappa shape index (κ2) is 7.47. The number of hydrogen-bond donors (Lipinski definition) is 2. The highest BCUT2D eigenvalue weighted by Crippen LogP contribution is 2.11. The Morgan fingerprint density at radius 1 is 1.30 bits per heavy atom. The molecule has 0 aromatic heterocycles. The van der Waals surface area contributed by atoms with Crippen LogP contribution in [-0.2, 0) is 4.79 Å². The lowest BCUT2D eigenvalue weighted by Gasteiger charge is -2.15.